The first-order valence-corrected chi connectivity index (χ1v) is 10.1. The van der Waals surface area contributed by atoms with E-state index in [0.29, 0.717) is 13.2 Å². The third kappa shape index (κ3) is 7.96. The first-order valence-electron chi connectivity index (χ1n) is 9.34. The number of carbonyl (C=O) groups is 2. The molecule has 0 aliphatic carbocycles. The maximum absolute atomic E-state index is 11.8. The minimum absolute atomic E-state index is 0.187. The van der Waals surface area contributed by atoms with Crippen molar-refractivity contribution in [1.29, 1.82) is 0 Å². The fourth-order valence-corrected chi connectivity index (χ4v) is 2.82. The summed E-state index contributed by atoms with van der Waals surface area (Å²) >= 11 is 11.4. The van der Waals surface area contributed by atoms with Crippen LogP contribution in [0.5, 0.6) is 11.5 Å². The number of rotatable bonds is 14. The molecular weight excluding hydrogens is 375 g/mol. The molecular formula is C20H28Cl2O4. The van der Waals surface area contributed by atoms with E-state index in [1.165, 1.54) is 12.1 Å². The molecule has 0 aliphatic rings. The van der Waals surface area contributed by atoms with Gasteiger partial charge >= 0.3 is 0 Å². The normalized spacial score (nSPS) is 10.6. The lowest BCUT2D eigenvalue weighted by Crippen LogP contribution is -2.07. The van der Waals surface area contributed by atoms with Crippen LogP contribution in [0.1, 0.15) is 85.9 Å². The summed E-state index contributed by atoms with van der Waals surface area (Å²) in [6.07, 6.45) is 8.32. The fourth-order valence-electron chi connectivity index (χ4n) is 2.53. The van der Waals surface area contributed by atoms with Crippen LogP contribution < -0.4 is 9.47 Å². The van der Waals surface area contributed by atoms with Gasteiger partial charge in [-0.3, -0.25) is 9.59 Å². The van der Waals surface area contributed by atoms with E-state index in [1.54, 1.807) is 0 Å². The minimum Gasteiger partial charge on any atom is -0.493 e. The van der Waals surface area contributed by atoms with Crippen LogP contribution in [0.15, 0.2) is 12.1 Å². The van der Waals surface area contributed by atoms with Crippen LogP contribution in [0.25, 0.3) is 0 Å². The van der Waals surface area contributed by atoms with E-state index in [4.69, 9.17) is 32.7 Å². The Morgan fingerprint density at radius 3 is 1.42 bits per heavy atom. The lowest BCUT2D eigenvalue weighted by molar-refractivity contribution is 0.106. The number of unbranched alkanes of at least 4 members (excludes halogenated alkanes) is 6. The zero-order valence-electron chi connectivity index (χ0n) is 15.6. The van der Waals surface area contributed by atoms with E-state index < -0.39 is 10.5 Å². The molecule has 0 saturated heterocycles. The molecule has 0 N–H and O–H groups in total. The van der Waals surface area contributed by atoms with E-state index in [2.05, 4.69) is 13.8 Å². The van der Waals surface area contributed by atoms with Crippen LogP contribution in [0, 0.1) is 0 Å². The van der Waals surface area contributed by atoms with Crippen molar-refractivity contribution in [3.8, 4) is 11.5 Å². The highest BCUT2D eigenvalue weighted by Crippen LogP contribution is 2.32. The summed E-state index contributed by atoms with van der Waals surface area (Å²) in [4.78, 5) is 23.5. The fraction of sp³-hybridized carbons (Fsp3) is 0.600. The average Bonchev–Trinajstić information content (AvgIpc) is 2.61. The van der Waals surface area contributed by atoms with E-state index in [9.17, 15) is 9.59 Å². The van der Waals surface area contributed by atoms with E-state index in [-0.39, 0.29) is 22.6 Å². The van der Waals surface area contributed by atoms with E-state index in [0.717, 1.165) is 51.4 Å². The molecule has 1 aromatic rings. The van der Waals surface area contributed by atoms with Crippen LogP contribution in [0.4, 0.5) is 0 Å². The maximum Gasteiger partial charge on any atom is 0.256 e. The van der Waals surface area contributed by atoms with Crippen molar-refractivity contribution in [2.75, 3.05) is 13.2 Å². The van der Waals surface area contributed by atoms with Gasteiger partial charge in [0.15, 0.2) is 0 Å². The molecule has 0 radical (unpaired) electrons. The predicted molar refractivity (Wildman–Crippen MR) is 106 cm³/mol. The van der Waals surface area contributed by atoms with Crippen molar-refractivity contribution in [3.63, 3.8) is 0 Å². The molecule has 0 atom stereocenters. The number of carbonyl (C=O) groups excluding carboxylic acids is 2. The van der Waals surface area contributed by atoms with Crippen molar-refractivity contribution in [1.82, 2.24) is 0 Å². The molecule has 0 fully saturated rings. The van der Waals surface area contributed by atoms with Gasteiger partial charge in [0.05, 0.1) is 24.3 Å². The molecule has 0 unspecified atom stereocenters. The second kappa shape index (κ2) is 13.0. The van der Waals surface area contributed by atoms with Gasteiger partial charge in [-0.15, -0.1) is 0 Å². The summed E-state index contributed by atoms with van der Waals surface area (Å²) < 4.78 is 11.4. The Morgan fingerprint density at radius 1 is 0.731 bits per heavy atom. The summed E-state index contributed by atoms with van der Waals surface area (Å²) in [6.45, 7) is 5.16. The Morgan fingerprint density at radius 2 is 1.12 bits per heavy atom. The molecule has 0 heterocycles. The van der Waals surface area contributed by atoms with Crippen LogP contribution >= 0.6 is 23.2 Å². The Hall–Kier alpha value is -1.26. The first kappa shape index (κ1) is 22.8. The summed E-state index contributed by atoms with van der Waals surface area (Å²) in [5.74, 6) is 0.535. The monoisotopic (exact) mass is 402 g/mol. The molecule has 4 nitrogen and oxygen atoms in total. The van der Waals surface area contributed by atoms with Gasteiger partial charge in [-0.1, -0.05) is 52.4 Å². The third-order valence-electron chi connectivity index (χ3n) is 4.02. The van der Waals surface area contributed by atoms with Gasteiger partial charge in [0.2, 0.25) is 0 Å². The zero-order valence-corrected chi connectivity index (χ0v) is 17.1. The maximum atomic E-state index is 11.8. The second-order valence-electron chi connectivity index (χ2n) is 6.21. The molecule has 0 saturated carbocycles. The van der Waals surface area contributed by atoms with Crippen molar-refractivity contribution >= 4 is 33.7 Å². The summed E-state index contributed by atoms with van der Waals surface area (Å²) in [7, 11) is 0. The molecule has 0 aromatic heterocycles. The number of ether oxygens (including phenoxy) is 2. The molecule has 146 valence electrons. The van der Waals surface area contributed by atoms with Crippen molar-refractivity contribution < 1.29 is 19.1 Å². The molecule has 6 heteroatoms. The third-order valence-corrected chi connectivity index (χ3v) is 4.42. The van der Waals surface area contributed by atoms with Crippen LogP contribution in [-0.2, 0) is 0 Å². The standard InChI is InChI=1S/C20H28Cl2O4/c1-3-5-7-9-11-25-17-13-16(20(22)24)18(14-15(17)19(21)23)26-12-10-8-6-4-2/h13-14H,3-12H2,1-2H3. The van der Waals surface area contributed by atoms with Crippen molar-refractivity contribution in [3.05, 3.63) is 23.3 Å². The van der Waals surface area contributed by atoms with E-state index in [1.807, 2.05) is 0 Å². The number of benzene rings is 1. The van der Waals surface area contributed by atoms with Gasteiger partial charge in [-0.2, -0.15) is 0 Å². The highest BCUT2D eigenvalue weighted by atomic mass is 35.5. The Balaban J connectivity index is 2.88. The average molecular weight is 403 g/mol. The predicted octanol–water partition coefficient (Wildman–Crippen LogP) is 6.36. The van der Waals surface area contributed by atoms with Crippen LogP contribution in [0.3, 0.4) is 0 Å². The largest absolute Gasteiger partial charge is 0.493 e. The van der Waals surface area contributed by atoms with E-state index >= 15 is 0 Å². The molecule has 1 rings (SSSR count). The summed E-state index contributed by atoms with van der Waals surface area (Å²) in [5, 5.41) is -1.31. The van der Waals surface area contributed by atoms with Gasteiger partial charge in [0.25, 0.3) is 10.5 Å². The molecule has 26 heavy (non-hydrogen) atoms. The number of hydrogen-bond acceptors (Lipinski definition) is 4. The Kier molecular flexibility index (Phi) is 11.4. The highest BCUT2D eigenvalue weighted by molar-refractivity contribution is 6.69. The second-order valence-corrected chi connectivity index (χ2v) is 6.90. The van der Waals surface area contributed by atoms with Gasteiger partial charge in [0.1, 0.15) is 11.5 Å². The Labute approximate surface area is 166 Å². The van der Waals surface area contributed by atoms with Crippen LogP contribution in [0.2, 0.25) is 0 Å². The van der Waals surface area contributed by atoms with Crippen LogP contribution in [-0.4, -0.2) is 23.7 Å². The molecule has 0 amide bonds. The lowest BCUT2D eigenvalue weighted by atomic mass is 10.1. The van der Waals surface area contributed by atoms with Crippen molar-refractivity contribution in [2.24, 2.45) is 0 Å². The van der Waals surface area contributed by atoms with Crippen molar-refractivity contribution in [2.45, 2.75) is 65.2 Å². The van der Waals surface area contributed by atoms with Gasteiger partial charge < -0.3 is 9.47 Å². The SMILES string of the molecule is CCCCCCOc1cc(C(=O)Cl)c(OCCCCCC)cc1C(=O)Cl. The van der Waals surface area contributed by atoms with Gasteiger partial charge in [-0.25, -0.2) is 0 Å². The molecule has 0 spiro atoms. The lowest BCUT2D eigenvalue weighted by Gasteiger charge is -2.15. The molecule has 0 bridgehead atoms. The Bertz CT molecular complexity index is 536. The zero-order chi connectivity index (χ0) is 19.4. The summed E-state index contributed by atoms with van der Waals surface area (Å²) in [6, 6.07) is 2.90. The highest BCUT2D eigenvalue weighted by Gasteiger charge is 2.19. The topological polar surface area (TPSA) is 52.6 Å². The molecule has 0 aliphatic heterocycles. The number of halogens is 2. The first-order chi connectivity index (χ1) is 12.5. The van der Waals surface area contributed by atoms with Gasteiger partial charge in [-0.05, 0) is 48.2 Å². The summed E-state index contributed by atoms with van der Waals surface area (Å²) in [5.41, 5.74) is 0.375. The smallest absolute Gasteiger partial charge is 0.256 e. The quantitative estimate of drug-likeness (QED) is 0.268. The minimum atomic E-state index is -0.655. The van der Waals surface area contributed by atoms with Gasteiger partial charge in [0, 0.05) is 0 Å². The number of hydrogen-bond donors (Lipinski definition) is 0. The molecule has 1 aromatic carbocycles.